The van der Waals surface area contributed by atoms with Crippen molar-refractivity contribution in [1.29, 1.82) is 0 Å². The standard InChI is InChI=1S/C11H23.BrH.Mg/c1-3-5-7-9-11-10-8-6-4-2;;/h1,3-11H2,2H3;1H;/q;;+1/p-1. The van der Waals surface area contributed by atoms with E-state index in [1.807, 2.05) is 0 Å². The maximum absolute atomic E-state index is 3.60. The molecule has 0 saturated carbocycles. The van der Waals surface area contributed by atoms with Gasteiger partial charge in [0.05, 0.1) is 0 Å². The molecule has 0 rings (SSSR count). The first-order valence-corrected chi connectivity index (χ1v) is 10.9. The number of hydrogen-bond donors (Lipinski definition) is 0. The molecule has 0 aromatic rings. The van der Waals surface area contributed by atoms with Crippen molar-refractivity contribution in [2.75, 3.05) is 0 Å². The van der Waals surface area contributed by atoms with E-state index < -0.39 is 0 Å². The Hall–Kier alpha value is 1.25. The van der Waals surface area contributed by atoms with E-state index in [-0.39, 0.29) is 18.2 Å². The third kappa shape index (κ3) is 13.2. The summed E-state index contributed by atoms with van der Waals surface area (Å²) < 4.78 is 1.50. The van der Waals surface area contributed by atoms with Crippen LogP contribution < -0.4 is 0 Å². The van der Waals surface area contributed by atoms with E-state index >= 15 is 0 Å². The zero-order valence-corrected chi connectivity index (χ0v) is 12.2. The first-order valence-electron chi connectivity index (χ1n) is 5.97. The Morgan fingerprint density at radius 1 is 0.769 bits per heavy atom. The zero-order chi connectivity index (χ0) is 9.78. The number of hydrogen-bond acceptors (Lipinski definition) is 0. The molecule has 0 aromatic heterocycles. The predicted octanol–water partition coefficient (Wildman–Crippen LogP) is 4.95. The first-order chi connectivity index (χ1) is 6.41. The highest BCUT2D eigenvalue weighted by Crippen LogP contribution is 2.10. The molecule has 13 heavy (non-hydrogen) atoms. The first kappa shape index (κ1) is 14.2. The van der Waals surface area contributed by atoms with Crippen molar-refractivity contribution < 1.29 is 0 Å². The van der Waals surface area contributed by atoms with Gasteiger partial charge in [0.1, 0.15) is 0 Å². The normalized spacial score (nSPS) is 10.0. The average molecular weight is 260 g/mol. The third-order valence-corrected chi connectivity index (χ3v) is 4.94. The molecular weight excluding hydrogens is 236 g/mol. The van der Waals surface area contributed by atoms with Crippen LogP contribution in [0.5, 0.6) is 0 Å². The minimum atomic E-state index is 0.176. The molecule has 0 aliphatic rings. The molecule has 0 aliphatic carbocycles. The minimum absolute atomic E-state index is 0.176. The fourth-order valence-electron chi connectivity index (χ4n) is 1.58. The van der Waals surface area contributed by atoms with Crippen molar-refractivity contribution in [2.24, 2.45) is 0 Å². The Morgan fingerprint density at radius 2 is 1.23 bits per heavy atom. The fourth-order valence-corrected chi connectivity index (χ4v) is 3.31. The van der Waals surface area contributed by atoms with Gasteiger partial charge in [0, 0.05) is 0 Å². The zero-order valence-electron chi connectivity index (χ0n) is 9.16. The lowest BCUT2D eigenvalue weighted by Gasteiger charge is -2.00. The van der Waals surface area contributed by atoms with Gasteiger partial charge in [-0.15, -0.1) is 4.55 Å². The highest BCUT2D eigenvalue weighted by Gasteiger charge is 1.92. The van der Waals surface area contributed by atoms with E-state index in [1.165, 1.54) is 62.3 Å². The van der Waals surface area contributed by atoms with E-state index in [9.17, 15) is 0 Å². The van der Waals surface area contributed by atoms with Crippen molar-refractivity contribution in [3.63, 3.8) is 0 Å². The molecule has 0 amide bonds. The maximum atomic E-state index is 3.60. The molecular formula is C11H23BrMg. The molecule has 0 radical (unpaired) electrons. The van der Waals surface area contributed by atoms with Crippen LogP contribution in [0.2, 0.25) is 4.55 Å². The lowest BCUT2D eigenvalue weighted by Crippen LogP contribution is -1.82. The van der Waals surface area contributed by atoms with Crippen LogP contribution in [0.25, 0.3) is 0 Å². The molecule has 0 bridgehead atoms. The molecule has 0 aliphatic heterocycles. The molecule has 0 nitrogen and oxygen atoms in total. The van der Waals surface area contributed by atoms with Crippen LogP contribution >= 0.6 is 12.9 Å². The van der Waals surface area contributed by atoms with Gasteiger partial charge in [-0.2, -0.15) is 0 Å². The minimum Gasteiger partial charge on any atom is -0.307 e. The van der Waals surface area contributed by atoms with E-state index in [4.69, 9.17) is 0 Å². The van der Waals surface area contributed by atoms with Crippen LogP contribution in [0, 0.1) is 0 Å². The van der Waals surface area contributed by atoms with Crippen LogP contribution in [0.4, 0.5) is 0 Å². The molecule has 0 fully saturated rings. The Kier molecular flexibility index (Phi) is 14.5. The second kappa shape index (κ2) is 13.2. The molecule has 0 N–H and O–H groups in total. The van der Waals surface area contributed by atoms with E-state index in [0.717, 1.165) is 0 Å². The summed E-state index contributed by atoms with van der Waals surface area (Å²) in [6.45, 7) is 2.28. The largest absolute Gasteiger partial charge is 0.468 e. The molecule has 0 aromatic carbocycles. The average Bonchev–Trinajstić information content (AvgIpc) is 2.16. The van der Waals surface area contributed by atoms with E-state index in [1.54, 1.807) is 0 Å². The third-order valence-electron chi connectivity index (χ3n) is 2.49. The van der Waals surface area contributed by atoms with Crippen LogP contribution in [0.3, 0.4) is 0 Å². The lowest BCUT2D eigenvalue weighted by molar-refractivity contribution is 0.572. The van der Waals surface area contributed by atoms with Crippen molar-refractivity contribution in [3.05, 3.63) is 0 Å². The fraction of sp³-hybridized carbons (Fsp3) is 1.00. The number of rotatable bonds is 10. The van der Waals surface area contributed by atoms with Crippen LogP contribution in [-0.2, 0) is 0 Å². The molecule has 0 spiro atoms. The monoisotopic (exact) mass is 258 g/mol. The van der Waals surface area contributed by atoms with Gasteiger partial charge in [0.25, 0.3) is 0 Å². The molecule has 0 saturated heterocycles. The lowest BCUT2D eigenvalue weighted by atomic mass is 10.1. The topological polar surface area (TPSA) is 0 Å². The summed E-state index contributed by atoms with van der Waals surface area (Å²) in [4.78, 5) is 0. The Labute approximate surface area is 99.8 Å². The number of halogens is 1. The van der Waals surface area contributed by atoms with Crippen LogP contribution in [0.15, 0.2) is 0 Å². The summed E-state index contributed by atoms with van der Waals surface area (Å²) >= 11 is 3.78. The van der Waals surface area contributed by atoms with Crippen LogP contribution in [0.1, 0.15) is 64.7 Å². The number of unbranched alkanes of at least 4 members (excludes halogenated alkanes) is 8. The Bertz CT molecular complexity index is 76.2. The van der Waals surface area contributed by atoms with Gasteiger partial charge >= 0.3 is 18.2 Å². The Morgan fingerprint density at radius 3 is 1.69 bits per heavy atom. The quantitative estimate of drug-likeness (QED) is 0.385. The van der Waals surface area contributed by atoms with Gasteiger partial charge in [-0.1, -0.05) is 64.7 Å². The van der Waals surface area contributed by atoms with E-state index in [0.29, 0.717) is 0 Å². The Balaban J connectivity index is 2.76. The van der Waals surface area contributed by atoms with Crippen molar-refractivity contribution in [3.8, 4) is 0 Å². The van der Waals surface area contributed by atoms with Gasteiger partial charge in [-0.3, -0.25) is 0 Å². The SMILES string of the molecule is CCCCCCCCCC[CH2][Mg][Br]. The van der Waals surface area contributed by atoms with Gasteiger partial charge in [0.15, 0.2) is 0 Å². The van der Waals surface area contributed by atoms with Gasteiger partial charge in [0.2, 0.25) is 0 Å². The predicted molar refractivity (Wildman–Crippen MR) is 66.7 cm³/mol. The summed E-state index contributed by atoms with van der Waals surface area (Å²) in [6.07, 6.45) is 13.1. The smallest absolute Gasteiger partial charge is 0.307 e. The molecule has 76 valence electrons. The van der Waals surface area contributed by atoms with Crippen molar-refractivity contribution in [2.45, 2.75) is 69.3 Å². The summed E-state index contributed by atoms with van der Waals surface area (Å²) in [6, 6.07) is 0. The van der Waals surface area contributed by atoms with Gasteiger partial charge < -0.3 is 12.9 Å². The second-order valence-corrected chi connectivity index (χ2v) is 7.34. The van der Waals surface area contributed by atoms with Crippen molar-refractivity contribution >= 4 is 31.1 Å². The van der Waals surface area contributed by atoms with Gasteiger partial charge in [-0.05, 0) is 0 Å². The maximum Gasteiger partial charge on any atom is 0.468 e. The highest BCUT2D eigenvalue weighted by molar-refractivity contribution is 9.23. The van der Waals surface area contributed by atoms with Crippen molar-refractivity contribution in [1.82, 2.24) is 0 Å². The summed E-state index contributed by atoms with van der Waals surface area (Å²) in [5, 5.41) is 0. The molecule has 0 atom stereocenters. The second-order valence-electron chi connectivity index (χ2n) is 3.87. The molecule has 2 heteroatoms. The highest BCUT2D eigenvalue weighted by atomic mass is 79.9. The summed E-state index contributed by atoms with van der Waals surface area (Å²) in [5.74, 6) is 0. The summed E-state index contributed by atoms with van der Waals surface area (Å²) in [7, 11) is 0. The summed E-state index contributed by atoms with van der Waals surface area (Å²) in [5.41, 5.74) is 0. The van der Waals surface area contributed by atoms with Crippen LogP contribution in [-0.4, -0.2) is 18.2 Å². The molecule has 0 heterocycles. The molecule has 0 unspecified atom stereocenters. The van der Waals surface area contributed by atoms with E-state index in [2.05, 4.69) is 19.8 Å². The van der Waals surface area contributed by atoms with Gasteiger partial charge in [-0.25, -0.2) is 0 Å².